The van der Waals surface area contributed by atoms with E-state index in [9.17, 15) is 4.79 Å². The van der Waals surface area contributed by atoms with Crippen LogP contribution >= 0.6 is 11.6 Å². The quantitative estimate of drug-likeness (QED) is 0.798. The highest BCUT2D eigenvalue weighted by Crippen LogP contribution is 2.37. The number of carbonyl (C=O) groups excluding carboxylic acids is 1. The van der Waals surface area contributed by atoms with Crippen LogP contribution < -0.4 is 5.32 Å². The summed E-state index contributed by atoms with van der Waals surface area (Å²) in [7, 11) is 1.85. The molecule has 1 aliphatic carbocycles. The van der Waals surface area contributed by atoms with Crippen LogP contribution in [0.3, 0.4) is 0 Å². The lowest BCUT2D eigenvalue weighted by atomic mass is 9.77. The lowest BCUT2D eigenvalue weighted by Gasteiger charge is -2.37. The minimum atomic E-state index is -0.128. The average molecular weight is 399 g/mol. The van der Waals surface area contributed by atoms with Crippen molar-refractivity contribution in [2.45, 2.75) is 57.4 Å². The van der Waals surface area contributed by atoms with Crippen molar-refractivity contribution >= 4 is 23.5 Å². The summed E-state index contributed by atoms with van der Waals surface area (Å²) in [5.74, 6) is 0.688. The molecule has 0 atom stereocenters. The molecular weight excluding hydrogens is 372 g/mol. The molecule has 2 aromatic rings. The SMILES string of the molecule is CN1CC(C)(C)c2cc(-c3nc(NC4CCCCC4)ncc3Cl)ccc2C1=O. The van der Waals surface area contributed by atoms with Crippen molar-refractivity contribution in [2.24, 2.45) is 0 Å². The van der Waals surface area contributed by atoms with E-state index in [1.54, 1.807) is 11.1 Å². The Bertz CT molecular complexity index is 905. The normalized spacial score (nSPS) is 19.4. The van der Waals surface area contributed by atoms with E-state index in [0.717, 1.165) is 29.5 Å². The van der Waals surface area contributed by atoms with Crippen LogP contribution in [0.5, 0.6) is 0 Å². The molecule has 1 fully saturated rings. The Kier molecular flexibility index (Phi) is 5.04. The van der Waals surface area contributed by atoms with Crippen molar-refractivity contribution < 1.29 is 4.79 Å². The molecule has 2 aliphatic rings. The maximum atomic E-state index is 12.6. The van der Waals surface area contributed by atoms with Crippen molar-refractivity contribution in [3.05, 3.63) is 40.5 Å². The zero-order chi connectivity index (χ0) is 19.9. The highest BCUT2D eigenvalue weighted by atomic mass is 35.5. The molecule has 1 aromatic heterocycles. The minimum absolute atomic E-state index is 0.0642. The van der Waals surface area contributed by atoms with Gasteiger partial charge in [0.1, 0.15) is 0 Å². The molecule has 5 nitrogen and oxygen atoms in total. The Morgan fingerprint density at radius 1 is 1.21 bits per heavy atom. The van der Waals surface area contributed by atoms with Crippen molar-refractivity contribution in [1.29, 1.82) is 0 Å². The molecule has 1 aromatic carbocycles. The van der Waals surface area contributed by atoms with Crippen LogP contribution in [0.1, 0.15) is 61.9 Å². The van der Waals surface area contributed by atoms with E-state index in [1.807, 2.05) is 19.2 Å². The first-order valence-corrected chi connectivity index (χ1v) is 10.4. The number of hydrogen-bond acceptors (Lipinski definition) is 4. The van der Waals surface area contributed by atoms with Crippen molar-refractivity contribution in [2.75, 3.05) is 18.9 Å². The Morgan fingerprint density at radius 2 is 1.96 bits per heavy atom. The van der Waals surface area contributed by atoms with Gasteiger partial charge >= 0.3 is 0 Å². The van der Waals surface area contributed by atoms with Crippen LogP contribution in [-0.4, -0.2) is 40.4 Å². The zero-order valence-electron chi connectivity index (χ0n) is 16.8. The highest BCUT2D eigenvalue weighted by Gasteiger charge is 2.35. The van der Waals surface area contributed by atoms with Crippen LogP contribution in [0, 0.1) is 0 Å². The number of nitrogens with zero attached hydrogens (tertiary/aromatic N) is 3. The Morgan fingerprint density at radius 3 is 2.71 bits per heavy atom. The first-order valence-electron chi connectivity index (χ1n) is 10.0. The number of anilines is 1. The second-order valence-corrected chi connectivity index (χ2v) is 9.08. The van der Waals surface area contributed by atoms with E-state index in [1.165, 1.54) is 19.3 Å². The van der Waals surface area contributed by atoms with E-state index in [0.29, 0.717) is 29.3 Å². The summed E-state index contributed by atoms with van der Waals surface area (Å²) in [6.07, 6.45) is 7.79. The lowest BCUT2D eigenvalue weighted by molar-refractivity contribution is 0.0737. The number of rotatable bonds is 3. The van der Waals surface area contributed by atoms with Gasteiger partial charge in [-0.05, 0) is 30.5 Å². The van der Waals surface area contributed by atoms with Gasteiger partial charge in [-0.25, -0.2) is 9.97 Å². The van der Waals surface area contributed by atoms with E-state index in [2.05, 4.69) is 30.2 Å². The van der Waals surface area contributed by atoms with Crippen molar-refractivity contribution in [3.8, 4) is 11.3 Å². The molecule has 0 saturated heterocycles. The molecule has 6 heteroatoms. The van der Waals surface area contributed by atoms with Gasteiger partial charge < -0.3 is 10.2 Å². The van der Waals surface area contributed by atoms with Crippen LogP contribution in [0.15, 0.2) is 24.4 Å². The topological polar surface area (TPSA) is 58.1 Å². The molecule has 1 saturated carbocycles. The molecule has 0 spiro atoms. The van der Waals surface area contributed by atoms with Crippen LogP contribution in [-0.2, 0) is 5.41 Å². The standard InChI is InChI=1S/C22H27ClN4O/c1-22(2)13-27(3)20(28)16-10-9-14(11-17(16)22)19-18(23)12-24-21(26-19)25-15-7-5-4-6-8-15/h9-12,15H,4-8,13H2,1-3H3,(H,24,25,26). The summed E-state index contributed by atoms with van der Waals surface area (Å²) in [5.41, 5.74) is 3.30. The van der Waals surface area contributed by atoms with Gasteiger partial charge in [-0.1, -0.05) is 50.8 Å². The van der Waals surface area contributed by atoms with Crippen molar-refractivity contribution in [1.82, 2.24) is 14.9 Å². The van der Waals surface area contributed by atoms with E-state index >= 15 is 0 Å². The molecule has 148 valence electrons. The lowest BCUT2D eigenvalue weighted by Crippen LogP contribution is -2.44. The number of aromatic nitrogens is 2. The zero-order valence-corrected chi connectivity index (χ0v) is 17.5. The number of nitrogens with one attached hydrogen (secondary N) is 1. The largest absolute Gasteiger partial charge is 0.351 e. The maximum Gasteiger partial charge on any atom is 0.253 e. The second kappa shape index (κ2) is 7.36. The van der Waals surface area contributed by atoms with Gasteiger partial charge in [0.25, 0.3) is 5.91 Å². The smallest absolute Gasteiger partial charge is 0.253 e. The predicted molar refractivity (Wildman–Crippen MR) is 113 cm³/mol. The number of carbonyl (C=O) groups is 1. The Hall–Kier alpha value is -2.14. The third-order valence-electron chi connectivity index (χ3n) is 5.91. The van der Waals surface area contributed by atoms with Gasteiger partial charge in [0.15, 0.2) is 0 Å². The first kappa shape index (κ1) is 19.2. The third kappa shape index (κ3) is 3.60. The first-order chi connectivity index (χ1) is 13.3. The second-order valence-electron chi connectivity index (χ2n) is 8.67. The average Bonchev–Trinajstić information content (AvgIpc) is 2.68. The van der Waals surface area contributed by atoms with Crippen LogP contribution in [0.2, 0.25) is 5.02 Å². The number of likely N-dealkylation sites (N-methyl/N-ethyl adjacent to an activating group) is 1. The summed E-state index contributed by atoms with van der Waals surface area (Å²) >= 11 is 6.45. The molecule has 1 amide bonds. The molecule has 0 radical (unpaired) electrons. The van der Waals surface area contributed by atoms with E-state index in [-0.39, 0.29) is 11.3 Å². The monoisotopic (exact) mass is 398 g/mol. The summed E-state index contributed by atoms with van der Waals surface area (Å²) in [6, 6.07) is 6.33. The molecule has 28 heavy (non-hydrogen) atoms. The molecule has 1 N–H and O–H groups in total. The molecule has 2 heterocycles. The summed E-state index contributed by atoms with van der Waals surface area (Å²) in [4.78, 5) is 23.4. The number of halogens is 1. The van der Waals surface area contributed by atoms with Gasteiger partial charge in [-0.3, -0.25) is 4.79 Å². The maximum absolute atomic E-state index is 12.6. The highest BCUT2D eigenvalue weighted by molar-refractivity contribution is 6.32. The minimum Gasteiger partial charge on any atom is -0.351 e. The fourth-order valence-corrected chi connectivity index (χ4v) is 4.66. The number of benzene rings is 1. The van der Waals surface area contributed by atoms with Crippen LogP contribution in [0.4, 0.5) is 5.95 Å². The predicted octanol–water partition coefficient (Wildman–Crippen LogP) is 4.90. The van der Waals surface area contributed by atoms with E-state index < -0.39 is 0 Å². The molecule has 0 unspecified atom stereocenters. The molecule has 1 aliphatic heterocycles. The fourth-order valence-electron chi connectivity index (χ4n) is 4.46. The number of hydrogen-bond donors (Lipinski definition) is 1. The van der Waals surface area contributed by atoms with Crippen LogP contribution in [0.25, 0.3) is 11.3 Å². The Labute approximate surface area is 171 Å². The van der Waals surface area contributed by atoms with Gasteiger partial charge in [0, 0.05) is 36.2 Å². The summed E-state index contributed by atoms with van der Waals surface area (Å²) in [5, 5.41) is 3.99. The van der Waals surface area contributed by atoms with Gasteiger partial charge in [-0.15, -0.1) is 0 Å². The summed E-state index contributed by atoms with van der Waals surface area (Å²) in [6.45, 7) is 5.01. The Balaban J connectivity index is 1.69. The number of fused-ring (bicyclic) bond motifs is 1. The molecule has 4 rings (SSSR count). The fraction of sp³-hybridized carbons (Fsp3) is 0.500. The van der Waals surface area contributed by atoms with Gasteiger partial charge in [-0.2, -0.15) is 0 Å². The van der Waals surface area contributed by atoms with Gasteiger partial charge in [0.05, 0.1) is 16.9 Å². The van der Waals surface area contributed by atoms with Gasteiger partial charge in [0.2, 0.25) is 5.95 Å². The van der Waals surface area contributed by atoms with E-state index in [4.69, 9.17) is 16.6 Å². The molecule has 0 bridgehead atoms. The number of amides is 1. The third-order valence-corrected chi connectivity index (χ3v) is 6.19. The van der Waals surface area contributed by atoms with Crippen molar-refractivity contribution in [3.63, 3.8) is 0 Å². The molecular formula is C22H27ClN4O. The summed E-state index contributed by atoms with van der Waals surface area (Å²) < 4.78 is 0.